The molecular weight excluding hydrogens is 184 g/mol. The first kappa shape index (κ1) is 13.4. The van der Waals surface area contributed by atoms with Crippen LogP contribution in [0.4, 0.5) is 0 Å². The summed E-state index contributed by atoms with van der Waals surface area (Å²) >= 11 is 0. The van der Waals surface area contributed by atoms with E-state index in [-0.39, 0.29) is 12.5 Å². The van der Waals surface area contributed by atoms with Crippen LogP contribution in [0.25, 0.3) is 0 Å². The molecule has 5 nitrogen and oxygen atoms in total. The van der Waals surface area contributed by atoms with Crippen LogP contribution in [-0.2, 0) is 14.3 Å². The molecule has 0 aliphatic carbocycles. The molecule has 0 spiro atoms. The van der Waals surface area contributed by atoms with Gasteiger partial charge in [0, 0.05) is 13.7 Å². The highest BCUT2D eigenvalue weighted by Crippen LogP contribution is 1.83. The highest BCUT2D eigenvalue weighted by atomic mass is 16.5. The summed E-state index contributed by atoms with van der Waals surface area (Å²) < 4.78 is 9.80. The molecule has 0 aromatic heterocycles. The number of unbranched alkanes of at least 4 members (excludes halogenated alkanes) is 1. The number of carbonyl (C=O) groups is 1. The fraction of sp³-hybridized carbons (Fsp3) is 0.889. The average molecular weight is 204 g/mol. The quantitative estimate of drug-likeness (QED) is 0.497. The third kappa shape index (κ3) is 9.44. The Balaban J connectivity index is 3.11. The van der Waals surface area contributed by atoms with Crippen molar-refractivity contribution in [3.63, 3.8) is 0 Å². The number of hydrogen-bond donors (Lipinski definition) is 2. The van der Waals surface area contributed by atoms with Gasteiger partial charge in [-0.2, -0.15) is 0 Å². The zero-order valence-electron chi connectivity index (χ0n) is 8.75. The largest absolute Gasteiger partial charge is 0.382 e. The van der Waals surface area contributed by atoms with Gasteiger partial charge in [0.1, 0.15) is 6.61 Å². The van der Waals surface area contributed by atoms with Crippen LogP contribution >= 0.6 is 0 Å². The van der Waals surface area contributed by atoms with Crippen molar-refractivity contribution >= 4 is 5.91 Å². The Morgan fingerprint density at radius 3 is 2.79 bits per heavy atom. The topological polar surface area (TPSA) is 73.6 Å². The number of nitrogens with two attached hydrogens (primary N) is 1. The summed E-state index contributed by atoms with van der Waals surface area (Å²) in [5.74, 6) is -0.0851. The second-order valence-electron chi connectivity index (χ2n) is 2.89. The Bertz CT molecular complexity index is 128. The maximum atomic E-state index is 11.1. The molecule has 14 heavy (non-hydrogen) atoms. The Kier molecular flexibility index (Phi) is 9.95. The molecule has 1 amide bonds. The molecule has 5 heteroatoms. The molecule has 0 saturated carbocycles. The van der Waals surface area contributed by atoms with E-state index in [4.69, 9.17) is 15.2 Å². The van der Waals surface area contributed by atoms with E-state index < -0.39 is 0 Å². The fourth-order valence-corrected chi connectivity index (χ4v) is 0.855. The highest BCUT2D eigenvalue weighted by molar-refractivity contribution is 5.77. The lowest BCUT2D eigenvalue weighted by Crippen LogP contribution is -2.29. The van der Waals surface area contributed by atoms with E-state index in [0.29, 0.717) is 26.3 Å². The van der Waals surface area contributed by atoms with Crippen molar-refractivity contribution in [3.05, 3.63) is 0 Å². The van der Waals surface area contributed by atoms with Gasteiger partial charge in [-0.15, -0.1) is 0 Å². The molecule has 0 aromatic carbocycles. The van der Waals surface area contributed by atoms with Gasteiger partial charge in [0.05, 0.1) is 13.2 Å². The SMILES string of the molecule is COCCOCC(=O)NCCCCN. The van der Waals surface area contributed by atoms with Crippen LogP contribution in [0.2, 0.25) is 0 Å². The summed E-state index contributed by atoms with van der Waals surface area (Å²) in [5, 5.41) is 2.73. The van der Waals surface area contributed by atoms with Crippen LogP contribution in [-0.4, -0.2) is 45.9 Å². The van der Waals surface area contributed by atoms with E-state index in [0.717, 1.165) is 12.8 Å². The van der Waals surface area contributed by atoms with E-state index in [9.17, 15) is 4.79 Å². The summed E-state index contributed by atoms with van der Waals surface area (Å²) in [6.07, 6.45) is 1.85. The monoisotopic (exact) mass is 204 g/mol. The van der Waals surface area contributed by atoms with Crippen LogP contribution in [0.15, 0.2) is 0 Å². The first-order valence-electron chi connectivity index (χ1n) is 4.84. The zero-order valence-corrected chi connectivity index (χ0v) is 8.75. The van der Waals surface area contributed by atoms with Gasteiger partial charge in [-0.05, 0) is 19.4 Å². The van der Waals surface area contributed by atoms with Gasteiger partial charge in [0.25, 0.3) is 0 Å². The normalized spacial score (nSPS) is 10.1. The molecule has 3 N–H and O–H groups in total. The number of nitrogens with one attached hydrogen (secondary N) is 1. The van der Waals surface area contributed by atoms with Gasteiger partial charge < -0.3 is 20.5 Å². The number of ether oxygens (including phenoxy) is 2. The van der Waals surface area contributed by atoms with Gasteiger partial charge in [0.15, 0.2) is 0 Å². The molecule has 0 heterocycles. The van der Waals surface area contributed by atoms with Gasteiger partial charge >= 0.3 is 0 Å². The summed E-state index contributed by atoms with van der Waals surface area (Å²) in [6.45, 7) is 2.41. The molecule has 0 fully saturated rings. The lowest BCUT2D eigenvalue weighted by atomic mass is 10.3. The van der Waals surface area contributed by atoms with E-state index in [1.54, 1.807) is 7.11 Å². The average Bonchev–Trinajstić information content (AvgIpc) is 2.19. The van der Waals surface area contributed by atoms with Crippen molar-refractivity contribution in [1.82, 2.24) is 5.32 Å². The molecule has 0 bridgehead atoms. The highest BCUT2D eigenvalue weighted by Gasteiger charge is 1.99. The molecule has 0 atom stereocenters. The first-order chi connectivity index (χ1) is 6.81. The van der Waals surface area contributed by atoms with Gasteiger partial charge in [-0.25, -0.2) is 0 Å². The van der Waals surface area contributed by atoms with Crippen LogP contribution in [0, 0.1) is 0 Å². The van der Waals surface area contributed by atoms with Crippen LogP contribution in [0.5, 0.6) is 0 Å². The van der Waals surface area contributed by atoms with Crippen molar-refractivity contribution < 1.29 is 14.3 Å². The molecule has 0 aliphatic rings. The molecule has 0 aliphatic heterocycles. The molecule has 0 saturated heterocycles. The summed E-state index contributed by atoms with van der Waals surface area (Å²) in [6, 6.07) is 0. The van der Waals surface area contributed by atoms with Crippen molar-refractivity contribution in [2.24, 2.45) is 5.73 Å². The number of amides is 1. The van der Waals surface area contributed by atoms with Crippen molar-refractivity contribution in [2.75, 3.05) is 40.0 Å². The Morgan fingerprint density at radius 1 is 1.36 bits per heavy atom. The van der Waals surface area contributed by atoms with Crippen molar-refractivity contribution in [2.45, 2.75) is 12.8 Å². The molecule has 84 valence electrons. The molecule has 0 aromatic rings. The second kappa shape index (κ2) is 10.4. The summed E-state index contributed by atoms with van der Waals surface area (Å²) in [4.78, 5) is 11.1. The van der Waals surface area contributed by atoms with E-state index in [1.165, 1.54) is 0 Å². The molecule has 0 radical (unpaired) electrons. The lowest BCUT2D eigenvalue weighted by Gasteiger charge is -2.05. The second-order valence-corrected chi connectivity index (χ2v) is 2.89. The van der Waals surface area contributed by atoms with Gasteiger partial charge in [-0.3, -0.25) is 4.79 Å². The Morgan fingerprint density at radius 2 is 2.14 bits per heavy atom. The van der Waals surface area contributed by atoms with Crippen LogP contribution in [0.1, 0.15) is 12.8 Å². The standard InChI is InChI=1S/C9H20N2O3/c1-13-6-7-14-8-9(12)11-5-3-2-4-10/h2-8,10H2,1H3,(H,11,12). The summed E-state index contributed by atoms with van der Waals surface area (Å²) in [7, 11) is 1.59. The zero-order chi connectivity index (χ0) is 10.6. The minimum atomic E-state index is -0.0851. The minimum absolute atomic E-state index is 0.0851. The Labute approximate surface area is 84.9 Å². The van der Waals surface area contributed by atoms with Crippen molar-refractivity contribution in [1.29, 1.82) is 0 Å². The lowest BCUT2D eigenvalue weighted by molar-refractivity contribution is -0.126. The summed E-state index contributed by atoms with van der Waals surface area (Å²) in [5.41, 5.74) is 5.31. The van der Waals surface area contributed by atoms with Crippen molar-refractivity contribution in [3.8, 4) is 0 Å². The number of rotatable bonds is 9. The number of methoxy groups -OCH3 is 1. The fourth-order valence-electron chi connectivity index (χ4n) is 0.855. The Hall–Kier alpha value is -0.650. The number of carbonyl (C=O) groups excluding carboxylic acids is 1. The predicted octanol–water partition coefficient (Wildman–Crippen LogP) is -0.495. The number of hydrogen-bond acceptors (Lipinski definition) is 4. The van der Waals surface area contributed by atoms with Crippen LogP contribution < -0.4 is 11.1 Å². The van der Waals surface area contributed by atoms with E-state index in [1.807, 2.05) is 0 Å². The van der Waals surface area contributed by atoms with E-state index in [2.05, 4.69) is 5.32 Å². The van der Waals surface area contributed by atoms with Gasteiger partial charge in [0.2, 0.25) is 5.91 Å². The van der Waals surface area contributed by atoms with Crippen LogP contribution in [0.3, 0.4) is 0 Å². The first-order valence-corrected chi connectivity index (χ1v) is 4.84. The molecular formula is C9H20N2O3. The third-order valence-electron chi connectivity index (χ3n) is 1.62. The third-order valence-corrected chi connectivity index (χ3v) is 1.62. The molecule has 0 unspecified atom stereocenters. The van der Waals surface area contributed by atoms with Gasteiger partial charge in [-0.1, -0.05) is 0 Å². The maximum absolute atomic E-state index is 11.1. The maximum Gasteiger partial charge on any atom is 0.245 e. The molecule has 0 rings (SSSR count). The predicted molar refractivity (Wildman–Crippen MR) is 54.0 cm³/mol. The minimum Gasteiger partial charge on any atom is -0.382 e. The van der Waals surface area contributed by atoms with E-state index >= 15 is 0 Å². The smallest absolute Gasteiger partial charge is 0.245 e.